The Labute approximate surface area is 90.7 Å². The van der Waals surface area contributed by atoms with Crippen molar-refractivity contribution in [1.29, 1.82) is 0 Å². The zero-order chi connectivity index (χ0) is 10.4. The summed E-state index contributed by atoms with van der Waals surface area (Å²) in [6.07, 6.45) is 1.01. The van der Waals surface area contributed by atoms with Crippen molar-refractivity contribution in [2.45, 2.75) is 13.3 Å². The molecule has 0 bridgehead atoms. The second-order valence-electron chi connectivity index (χ2n) is 3.18. The average Bonchev–Trinajstić information content (AvgIpc) is 2.20. The van der Waals surface area contributed by atoms with E-state index in [2.05, 4.69) is 41.8 Å². The minimum atomic E-state index is 0.707. The topological polar surface area (TPSA) is 24.1 Å². The van der Waals surface area contributed by atoms with Gasteiger partial charge >= 0.3 is 0 Å². The highest BCUT2D eigenvalue weighted by molar-refractivity contribution is 7.80. The molecule has 0 aliphatic heterocycles. The molecule has 1 rings (SSSR count). The average molecular weight is 208 g/mol. The summed E-state index contributed by atoms with van der Waals surface area (Å²) in [5.74, 6) is 0. The molecule has 14 heavy (non-hydrogen) atoms. The number of nitrogens with one attached hydrogen (secondary N) is 2. The minimum Gasteiger partial charge on any atom is -0.366 e. The van der Waals surface area contributed by atoms with E-state index in [0.29, 0.717) is 5.11 Å². The molecule has 0 spiro atoms. The zero-order valence-corrected chi connectivity index (χ0v) is 9.45. The van der Waals surface area contributed by atoms with Crippen LogP contribution in [-0.4, -0.2) is 18.7 Å². The number of hydrogen-bond donors (Lipinski definition) is 2. The lowest BCUT2D eigenvalue weighted by Crippen LogP contribution is -2.33. The predicted octanol–water partition coefficient (Wildman–Crippen LogP) is 1.63. The Hall–Kier alpha value is -1.09. The molecular formula is C11H16N2S. The summed E-state index contributed by atoms with van der Waals surface area (Å²) in [5, 5.41) is 6.72. The van der Waals surface area contributed by atoms with Gasteiger partial charge in [-0.2, -0.15) is 0 Å². The van der Waals surface area contributed by atoms with Gasteiger partial charge in [-0.25, -0.2) is 0 Å². The molecule has 0 amide bonds. The van der Waals surface area contributed by atoms with Crippen molar-refractivity contribution in [2.75, 3.05) is 13.6 Å². The number of aryl methyl sites for hydroxylation is 1. The smallest absolute Gasteiger partial charge is 0.166 e. The van der Waals surface area contributed by atoms with E-state index in [1.807, 2.05) is 7.05 Å². The molecule has 0 radical (unpaired) electrons. The van der Waals surface area contributed by atoms with Crippen LogP contribution in [0, 0.1) is 6.92 Å². The van der Waals surface area contributed by atoms with Crippen molar-refractivity contribution < 1.29 is 0 Å². The van der Waals surface area contributed by atoms with E-state index in [9.17, 15) is 0 Å². The molecule has 76 valence electrons. The first-order chi connectivity index (χ1) is 6.74. The van der Waals surface area contributed by atoms with Gasteiger partial charge in [-0.05, 0) is 36.7 Å². The zero-order valence-electron chi connectivity index (χ0n) is 8.63. The number of rotatable bonds is 3. The predicted molar refractivity (Wildman–Crippen MR) is 64.5 cm³/mol. The minimum absolute atomic E-state index is 0.707. The Morgan fingerprint density at radius 3 is 2.71 bits per heavy atom. The van der Waals surface area contributed by atoms with Gasteiger partial charge in [0.15, 0.2) is 5.11 Å². The van der Waals surface area contributed by atoms with Crippen molar-refractivity contribution in [1.82, 2.24) is 10.6 Å². The summed E-state index contributed by atoms with van der Waals surface area (Å²) in [6.45, 7) is 3.01. The van der Waals surface area contributed by atoms with Crippen LogP contribution in [0.2, 0.25) is 0 Å². The maximum absolute atomic E-state index is 4.98. The molecule has 0 heterocycles. The van der Waals surface area contributed by atoms with Crippen LogP contribution in [-0.2, 0) is 6.42 Å². The highest BCUT2D eigenvalue weighted by Gasteiger charge is 1.96. The first-order valence-corrected chi connectivity index (χ1v) is 5.15. The summed E-state index contributed by atoms with van der Waals surface area (Å²) in [5.41, 5.74) is 2.71. The van der Waals surface area contributed by atoms with Crippen LogP contribution in [0.5, 0.6) is 0 Å². The van der Waals surface area contributed by atoms with Gasteiger partial charge in [-0.15, -0.1) is 0 Å². The molecule has 0 atom stereocenters. The number of thiocarbonyl (C=S) groups is 1. The Morgan fingerprint density at radius 2 is 2.07 bits per heavy atom. The maximum Gasteiger partial charge on any atom is 0.166 e. The third kappa shape index (κ3) is 3.34. The quantitative estimate of drug-likeness (QED) is 0.738. The second-order valence-corrected chi connectivity index (χ2v) is 3.59. The molecule has 2 nitrogen and oxygen atoms in total. The molecule has 0 aromatic heterocycles. The fourth-order valence-corrected chi connectivity index (χ4v) is 1.39. The first kappa shape index (κ1) is 11.0. The molecular weight excluding hydrogens is 192 g/mol. The SMILES string of the molecule is CNC(=S)NCCc1ccccc1C. The van der Waals surface area contributed by atoms with Gasteiger partial charge in [-0.3, -0.25) is 0 Å². The molecule has 1 aromatic carbocycles. The molecule has 1 aromatic rings. The van der Waals surface area contributed by atoms with Crippen molar-refractivity contribution in [3.63, 3.8) is 0 Å². The fraction of sp³-hybridized carbons (Fsp3) is 0.364. The van der Waals surface area contributed by atoms with E-state index in [4.69, 9.17) is 12.2 Å². The van der Waals surface area contributed by atoms with E-state index >= 15 is 0 Å². The van der Waals surface area contributed by atoms with Crippen molar-refractivity contribution in [3.05, 3.63) is 35.4 Å². The molecule has 0 fully saturated rings. The van der Waals surface area contributed by atoms with Gasteiger partial charge in [0.25, 0.3) is 0 Å². The van der Waals surface area contributed by atoms with E-state index in [-0.39, 0.29) is 0 Å². The molecule has 2 N–H and O–H groups in total. The van der Waals surface area contributed by atoms with Crippen LogP contribution in [0.1, 0.15) is 11.1 Å². The lowest BCUT2D eigenvalue weighted by molar-refractivity contribution is 0.847. The summed E-state index contributed by atoms with van der Waals surface area (Å²) >= 11 is 4.98. The normalized spacial score (nSPS) is 9.57. The number of hydrogen-bond acceptors (Lipinski definition) is 1. The molecule has 0 unspecified atom stereocenters. The Kier molecular flexibility index (Phi) is 4.40. The van der Waals surface area contributed by atoms with Gasteiger partial charge < -0.3 is 10.6 Å². The van der Waals surface area contributed by atoms with Crippen LogP contribution < -0.4 is 10.6 Å². The van der Waals surface area contributed by atoms with Crippen LogP contribution in [0.25, 0.3) is 0 Å². The van der Waals surface area contributed by atoms with Gasteiger partial charge in [0, 0.05) is 13.6 Å². The van der Waals surface area contributed by atoms with Crippen LogP contribution in [0.3, 0.4) is 0 Å². The monoisotopic (exact) mass is 208 g/mol. The van der Waals surface area contributed by atoms with Crippen molar-refractivity contribution in [2.24, 2.45) is 0 Å². The largest absolute Gasteiger partial charge is 0.366 e. The Balaban J connectivity index is 2.39. The Morgan fingerprint density at radius 1 is 1.36 bits per heavy atom. The van der Waals surface area contributed by atoms with Crippen LogP contribution in [0.4, 0.5) is 0 Å². The first-order valence-electron chi connectivity index (χ1n) is 4.74. The van der Waals surface area contributed by atoms with Gasteiger partial charge in [0.1, 0.15) is 0 Å². The number of benzene rings is 1. The summed E-state index contributed by atoms with van der Waals surface area (Å²) in [7, 11) is 1.82. The van der Waals surface area contributed by atoms with Crippen LogP contribution in [0.15, 0.2) is 24.3 Å². The van der Waals surface area contributed by atoms with Gasteiger partial charge in [-0.1, -0.05) is 24.3 Å². The van der Waals surface area contributed by atoms with E-state index in [1.165, 1.54) is 11.1 Å². The Bertz CT molecular complexity index is 310. The summed E-state index contributed by atoms with van der Waals surface area (Å²) in [6, 6.07) is 8.41. The van der Waals surface area contributed by atoms with Crippen LogP contribution >= 0.6 is 12.2 Å². The molecule has 0 aliphatic carbocycles. The summed E-state index contributed by atoms with van der Waals surface area (Å²) in [4.78, 5) is 0. The standard InChI is InChI=1S/C11H16N2S/c1-9-5-3-4-6-10(9)7-8-13-11(14)12-2/h3-6H,7-8H2,1-2H3,(H2,12,13,14). The molecule has 3 heteroatoms. The highest BCUT2D eigenvalue weighted by atomic mass is 32.1. The third-order valence-electron chi connectivity index (χ3n) is 2.17. The second kappa shape index (κ2) is 5.60. The molecule has 0 saturated heterocycles. The lowest BCUT2D eigenvalue weighted by Gasteiger charge is -2.08. The van der Waals surface area contributed by atoms with Crippen molar-refractivity contribution in [3.8, 4) is 0 Å². The molecule has 0 saturated carbocycles. The van der Waals surface area contributed by atoms with E-state index < -0.39 is 0 Å². The van der Waals surface area contributed by atoms with Gasteiger partial charge in [0.2, 0.25) is 0 Å². The summed E-state index contributed by atoms with van der Waals surface area (Å²) < 4.78 is 0. The van der Waals surface area contributed by atoms with Gasteiger partial charge in [0.05, 0.1) is 0 Å². The van der Waals surface area contributed by atoms with Crippen molar-refractivity contribution >= 4 is 17.3 Å². The fourth-order valence-electron chi connectivity index (χ4n) is 1.29. The third-order valence-corrected chi connectivity index (χ3v) is 2.52. The lowest BCUT2D eigenvalue weighted by atomic mass is 10.1. The highest BCUT2D eigenvalue weighted by Crippen LogP contribution is 2.06. The molecule has 0 aliphatic rings. The maximum atomic E-state index is 4.98. The van der Waals surface area contributed by atoms with E-state index in [0.717, 1.165) is 13.0 Å². The van der Waals surface area contributed by atoms with E-state index in [1.54, 1.807) is 0 Å².